The summed E-state index contributed by atoms with van der Waals surface area (Å²) in [5.41, 5.74) is 2.24. The number of piperidine rings is 2. The third-order valence-corrected chi connectivity index (χ3v) is 5.45. The van der Waals surface area contributed by atoms with Crippen molar-refractivity contribution in [3.8, 4) is 5.75 Å². The van der Waals surface area contributed by atoms with Crippen molar-refractivity contribution >= 4 is 5.69 Å². The number of nitrogens with zero attached hydrogens (tertiary/aromatic N) is 2. The average Bonchev–Trinajstić information content (AvgIpc) is 2.62. The maximum Gasteiger partial charge on any atom is 0.311 e. The average molecular weight is 333 g/mol. The highest BCUT2D eigenvalue weighted by molar-refractivity contribution is 5.52. The molecule has 1 N–H and O–H groups in total. The Morgan fingerprint density at radius 2 is 2.00 bits per heavy atom. The molecule has 2 fully saturated rings. The first-order chi connectivity index (χ1) is 11.6. The molecule has 0 aromatic heterocycles. The van der Waals surface area contributed by atoms with Gasteiger partial charge in [-0.3, -0.25) is 15.0 Å². The van der Waals surface area contributed by atoms with Crippen LogP contribution < -0.4 is 10.1 Å². The Hall–Kier alpha value is -1.66. The Labute approximate surface area is 143 Å². The predicted octanol–water partition coefficient (Wildman–Crippen LogP) is 3.19. The first-order valence-corrected chi connectivity index (χ1v) is 8.91. The van der Waals surface area contributed by atoms with E-state index in [1.54, 1.807) is 6.07 Å². The normalized spacial score (nSPS) is 23.2. The van der Waals surface area contributed by atoms with Gasteiger partial charge in [-0.1, -0.05) is 6.42 Å². The fraction of sp³-hybridized carbons (Fsp3) is 0.667. The SMILES string of the molecule is COc1cc(C2CCCCN2C2CCNCC2)c(C)cc1[N+](=O)[O-]. The molecule has 0 saturated carbocycles. The number of hydrogen-bond acceptors (Lipinski definition) is 5. The van der Waals surface area contributed by atoms with Crippen molar-refractivity contribution in [2.45, 2.75) is 51.1 Å². The third-order valence-electron chi connectivity index (χ3n) is 5.45. The lowest BCUT2D eigenvalue weighted by molar-refractivity contribution is -0.385. The second-order valence-electron chi connectivity index (χ2n) is 6.87. The van der Waals surface area contributed by atoms with Crippen LogP contribution in [0.15, 0.2) is 12.1 Å². The number of benzene rings is 1. The van der Waals surface area contributed by atoms with Gasteiger partial charge in [0.2, 0.25) is 0 Å². The van der Waals surface area contributed by atoms with Gasteiger partial charge in [0.15, 0.2) is 5.75 Å². The fourth-order valence-corrected chi connectivity index (χ4v) is 4.22. The Morgan fingerprint density at radius 1 is 1.25 bits per heavy atom. The lowest BCUT2D eigenvalue weighted by Crippen LogP contribution is -2.46. The van der Waals surface area contributed by atoms with E-state index in [9.17, 15) is 10.1 Å². The number of nitro benzene ring substituents is 1. The summed E-state index contributed by atoms with van der Waals surface area (Å²) >= 11 is 0. The van der Waals surface area contributed by atoms with Gasteiger partial charge in [-0.2, -0.15) is 0 Å². The molecule has 1 unspecified atom stereocenters. The van der Waals surface area contributed by atoms with Crippen LogP contribution in [0.1, 0.15) is 49.3 Å². The fourth-order valence-electron chi connectivity index (χ4n) is 4.22. The van der Waals surface area contributed by atoms with Gasteiger partial charge in [-0.15, -0.1) is 0 Å². The van der Waals surface area contributed by atoms with Crippen molar-refractivity contribution in [3.63, 3.8) is 0 Å². The summed E-state index contributed by atoms with van der Waals surface area (Å²) in [6.07, 6.45) is 5.93. The van der Waals surface area contributed by atoms with Crippen LogP contribution in [0.5, 0.6) is 5.75 Å². The summed E-state index contributed by atoms with van der Waals surface area (Å²) in [5, 5.41) is 14.7. The number of methoxy groups -OCH3 is 1. The molecule has 132 valence electrons. The molecule has 0 radical (unpaired) electrons. The minimum absolute atomic E-state index is 0.0583. The maximum atomic E-state index is 11.2. The van der Waals surface area contributed by atoms with E-state index >= 15 is 0 Å². The van der Waals surface area contributed by atoms with Crippen molar-refractivity contribution in [1.82, 2.24) is 10.2 Å². The number of likely N-dealkylation sites (tertiary alicyclic amines) is 1. The van der Waals surface area contributed by atoms with Gasteiger partial charge in [0.1, 0.15) is 0 Å². The van der Waals surface area contributed by atoms with Crippen molar-refractivity contribution in [1.29, 1.82) is 0 Å². The van der Waals surface area contributed by atoms with E-state index in [4.69, 9.17) is 4.74 Å². The molecule has 2 aliphatic rings. The van der Waals surface area contributed by atoms with Crippen molar-refractivity contribution in [2.75, 3.05) is 26.7 Å². The van der Waals surface area contributed by atoms with Gasteiger partial charge < -0.3 is 10.1 Å². The van der Waals surface area contributed by atoms with Gasteiger partial charge in [0.05, 0.1) is 12.0 Å². The zero-order chi connectivity index (χ0) is 17.1. The van der Waals surface area contributed by atoms with Gasteiger partial charge in [0.25, 0.3) is 0 Å². The lowest BCUT2D eigenvalue weighted by atomic mass is 9.89. The minimum atomic E-state index is -0.360. The molecule has 2 saturated heterocycles. The maximum absolute atomic E-state index is 11.2. The number of nitro groups is 1. The largest absolute Gasteiger partial charge is 0.490 e. The molecule has 6 heteroatoms. The van der Waals surface area contributed by atoms with Crippen LogP contribution in [0.3, 0.4) is 0 Å². The molecule has 1 atom stereocenters. The summed E-state index contributed by atoms with van der Waals surface area (Å²) < 4.78 is 5.30. The molecule has 1 aromatic rings. The van der Waals surface area contributed by atoms with E-state index in [-0.39, 0.29) is 10.6 Å². The topological polar surface area (TPSA) is 67.6 Å². The third kappa shape index (κ3) is 3.39. The molecule has 2 heterocycles. The first-order valence-electron chi connectivity index (χ1n) is 8.91. The number of rotatable bonds is 4. The number of aryl methyl sites for hydroxylation is 1. The molecular weight excluding hydrogens is 306 g/mol. The number of hydrogen-bond donors (Lipinski definition) is 1. The quantitative estimate of drug-likeness (QED) is 0.677. The minimum Gasteiger partial charge on any atom is -0.490 e. The molecule has 0 spiro atoms. The van der Waals surface area contributed by atoms with Crippen LogP contribution in [0.25, 0.3) is 0 Å². The molecule has 24 heavy (non-hydrogen) atoms. The highest BCUT2D eigenvalue weighted by atomic mass is 16.6. The summed E-state index contributed by atoms with van der Waals surface area (Å²) in [4.78, 5) is 13.5. The Balaban J connectivity index is 1.93. The monoisotopic (exact) mass is 333 g/mol. The van der Waals surface area contributed by atoms with E-state index in [1.165, 1.54) is 38.4 Å². The van der Waals surface area contributed by atoms with Crippen LogP contribution in [0.2, 0.25) is 0 Å². The zero-order valence-corrected chi connectivity index (χ0v) is 14.6. The summed E-state index contributed by atoms with van der Waals surface area (Å²) in [6, 6.07) is 4.52. The van der Waals surface area contributed by atoms with Crippen molar-refractivity contribution < 1.29 is 9.66 Å². The highest BCUT2D eigenvalue weighted by Crippen LogP contribution is 2.40. The van der Waals surface area contributed by atoms with Crippen LogP contribution >= 0.6 is 0 Å². The van der Waals surface area contributed by atoms with E-state index in [2.05, 4.69) is 10.2 Å². The smallest absolute Gasteiger partial charge is 0.311 e. The Bertz CT molecular complexity index is 599. The summed E-state index contributed by atoms with van der Waals surface area (Å²) in [6.45, 7) is 5.26. The van der Waals surface area contributed by atoms with Crippen LogP contribution in [0, 0.1) is 17.0 Å². The Morgan fingerprint density at radius 3 is 2.67 bits per heavy atom. The molecule has 1 aromatic carbocycles. The van der Waals surface area contributed by atoms with Gasteiger partial charge in [-0.05, 0) is 69.4 Å². The van der Waals surface area contributed by atoms with Gasteiger partial charge >= 0.3 is 5.69 Å². The molecular formula is C18H27N3O3. The number of nitrogens with one attached hydrogen (secondary N) is 1. The second kappa shape index (κ2) is 7.49. The van der Waals surface area contributed by atoms with E-state index in [0.717, 1.165) is 31.6 Å². The summed E-state index contributed by atoms with van der Waals surface area (Å²) in [5.74, 6) is 0.372. The molecule has 0 bridgehead atoms. The molecule has 0 amide bonds. The number of ether oxygens (including phenoxy) is 1. The zero-order valence-electron chi connectivity index (χ0n) is 14.6. The molecule has 0 aliphatic carbocycles. The van der Waals surface area contributed by atoms with Crippen LogP contribution in [0.4, 0.5) is 5.69 Å². The van der Waals surface area contributed by atoms with E-state index in [1.807, 2.05) is 13.0 Å². The van der Waals surface area contributed by atoms with Crippen LogP contribution in [-0.2, 0) is 0 Å². The summed E-state index contributed by atoms with van der Waals surface area (Å²) in [7, 11) is 1.51. The van der Waals surface area contributed by atoms with Crippen molar-refractivity contribution in [3.05, 3.63) is 33.4 Å². The van der Waals surface area contributed by atoms with Crippen LogP contribution in [-0.4, -0.2) is 42.6 Å². The van der Waals surface area contributed by atoms with E-state index in [0.29, 0.717) is 17.8 Å². The van der Waals surface area contributed by atoms with Gasteiger partial charge in [-0.25, -0.2) is 0 Å². The lowest BCUT2D eigenvalue weighted by Gasteiger charge is -2.43. The van der Waals surface area contributed by atoms with E-state index < -0.39 is 0 Å². The standard InChI is InChI=1S/C18H27N3O3/c1-13-11-17(21(22)23)18(24-2)12-15(13)16-5-3-4-10-20(16)14-6-8-19-9-7-14/h11-12,14,16,19H,3-10H2,1-2H3. The highest BCUT2D eigenvalue weighted by Gasteiger charge is 2.32. The molecule has 2 aliphatic heterocycles. The Kier molecular flexibility index (Phi) is 5.36. The second-order valence-corrected chi connectivity index (χ2v) is 6.87. The molecule has 6 nitrogen and oxygen atoms in total. The first kappa shape index (κ1) is 17.2. The predicted molar refractivity (Wildman–Crippen MR) is 93.6 cm³/mol. The van der Waals surface area contributed by atoms with Crippen molar-refractivity contribution in [2.24, 2.45) is 0 Å². The van der Waals surface area contributed by atoms with Gasteiger partial charge in [0, 0.05) is 18.2 Å². The molecule has 3 rings (SSSR count).